The molecule has 1 aliphatic carbocycles. The average Bonchev–Trinajstić information content (AvgIpc) is 2.91. The number of aromatic nitrogens is 2. The predicted octanol–water partition coefficient (Wildman–Crippen LogP) is 3.22. The summed E-state index contributed by atoms with van der Waals surface area (Å²) in [7, 11) is 0. The Morgan fingerprint density at radius 3 is 2.35 bits per heavy atom. The molecule has 7 heteroatoms. The van der Waals surface area contributed by atoms with Crippen molar-refractivity contribution < 1.29 is 18.3 Å². The molecule has 2 aliphatic rings. The van der Waals surface area contributed by atoms with Gasteiger partial charge in [-0.25, -0.2) is 18.2 Å². The third-order valence-corrected chi connectivity index (χ3v) is 5.68. The highest BCUT2D eigenvalue weighted by atomic mass is 19.1. The first-order valence-electron chi connectivity index (χ1n) is 8.45. The van der Waals surface area contributed by atoms with Crippen LogP contribution in [0.4, 0.5) is 13.2 Å². The highest BCUT2D eigenvalue weighted by Crippen LogP contribution is 2.57. The van der Waals surface area contributed by atoms with Crippen LogP contribution in [0.15, 0.2) is 30.6 Å². The molecular weight excluding hydrogens is 343 g/mol. The van der Waals surface area contributed by atoms with Crippen LogP contribution >= 0.6 is 0 Å². The Kier molecular flexibility index (Phi) is 3.10. The van der Waals surface area contributed by atoms with Gasteiger partial charge < -0.3 is 15.4 Å². The van der Waals surface area contributed by atoms with Gasteiger partial charge in [0.1, 0.15) is 17.3 Å². The normalized spacial score (nSPS) is 20.2. The second-order valence-electron chi connectivity index (χ2n) is 7.52. The first-order chi connectivity index (χ1) is 12.4. The largest absolute Gasteiger partial charge is 0.385 e. The molecule has 2 aromatic heterocycles. The zero-order valence-corrected chi connectivity index (χ0v) is 13.7. The molecule has 1 aliphatic heterocycles. The lowest BCUT2D eigenvalue weighted by Crippen LogP contribution is -2.65. The van der Waals surface area contributed by atoms with Gasteiger partial charge in [-0.2, -0.15) is 0 Å². The average molecular weight is 359 g/mol. The van der Waals surface area contributed by atoms with Gasteiger partial charge in [-0.3, -0.25) is 0 Å². The summed E-state index contributed by atoms with van der Waals surface area (Å²) in [6.07, 6.45) is 3.29. The number of benzene rings is 1. The summed E-state index contributed by atoms with van der Waals surface area (Å²) >= 11 is 0. The van der Waals surface area contributed by atoms with Gasteiger partial charge in [-0.15, -0.1) is 0 Å². The van der Waals surface area contributed by atoms with Crippen molar-refractivity contribution in [2.45, 2.75) is 18.4 Å². The second-order valence-corrected chi connectivity index (χ2v) is 7.52. The zero-order chi connectivity index (χ0) is 18.1. The van der Waals surface area contributed by atoms with Crippen LogP contribution in [0.5, 0.6) is 0 Å². The maximum Gasteiger partial charge on any atom is 0.150 e. The van der Waals surface area contributed by atoms with Crippen LogP contribution in [-0.2, 0) is 5.60 Å². The molecule has 1 spiro atoms. The van der Waals surface area contributed by atoms with Crippen molar-refractivity contribution in [2.24, 2.45) is 5.41 Å². The maximum absolute atomic E-state index is 14.8. The van der Waals surface area contributed by atoms with Crippen LogP contribution in [0.2, 0.25) is 0 Å². The highest BCUT2D eigenvalue weighted by Gasteiger charge is 2.59. The quantitative estimate of drug-likeness (QED) is 0.658. The molecule has 134 valence electrons. The van der Waals surface area contributed by atoms with Gasteiger partial charge in [0.2, 0.25) is 0 Å². The molecular formula is C19H16F3N3O. The van der Waals surface area contributed by atoms with Gasteiger partial charge in [-0.1, -0.05) is 0 Å². The van der Waals surface area contributed by atoms with Crippen LogP contribution in [0.3, 0.4) is 0 Å². The van der Waals surface area contributed by atoms with Crippen molar-refractivity contribution in [1.82, 2.24) is 15.3 Å². The minimum atomic E-state index is -1.48. The molecule has 3 aromatic rings. The van der Waals surface area contributed by atoms with Gasteiger partial charge in [-0.05, 0) is 42.2 Å². The smallest absolute Gasteiger partial charge is 0.150 e. The topological polar surface area (TPSA) is 60.9 Å². The van der Waals surface area contributed by atoms with E-state index in [1.165, 1.54) is 12.3 Å². The first-order valence-corrected chi connectivity index (χ1v) is 8.45. The van der Waals surface area contributed by atoms with E-state index in [0.717, 1.165) is 31.4 Å². The van der Waals surface area contributed by atoms with E-state index in [-0.39, 0.29) is 21.9 Å². The lowest BCUT2D eigenvalue weighted by atomic mass is 9.54. The fourth-order valence-electron chi connectivity index (χ4n) is 4.52. The number of aliphatic hydroxyl groups is 1. The number of hydrogen-bond donors (Lipinski definition) is 3. The third-order valence-electron chi connectivity index (χ3n) is 5.68. The fourth-order valence-corrected chi connectivity index (χ4v) is 4.52. The molecule has 3 N–H and O–H groups in total. The van der Waals surface area contributed by atoms with E-state index in [1.807, 2.05) is 0 Å². The van der Waals surface area contributed by atoms with Crippen molar-refractivity contribution in [3.8, 4) is 11.1 Å². The SMILES string of the molecule is OC1(c2c(F)cc(-c3ccnc4[nH]cc(F)c34)cc2F)CC2(CNC2)C1. The molecule has 1 saturated heterocycles. The summed E-state index contributed by atoms with van der Waals surface area (Å²) in [5.41, 5.74) is -0.962. The van der Waals surface area contributed by atoms with Crippen LogP contribution in [0.1, 0.15) is 18.4 Å². The van der Waals surface area contributed by atoms with Crippen molar-refractivity contribution in [2.75, 3.05) is 13.1 Å². The summed E-state index contributed by atoms with van der Waals surface area (Å²) < 4.78 is 43.6. The van der Waals surface area contributed by atoms with E-state index in [1.54, 1.807) is 0 Å². The molecule has 2 fully saturated rings. The summed E-state index contributed by atoms with van der Waals surface area (Å²) in [6, 6.07) is 3.82. The van der Waals surface area contributed by atoms with Gasteiger partial charge in [0.25, 0.3) is 0 Å². The molecule has 26 heavy (non-hydrogen) atoms. The van der Waals surface area contributed by atoms with E-state index in [0.29, 0.717) is 24.1 Å². The van der Waals surface area contributed by atoms with Gasteiger partial charge in [0.15, 0.2) is 5.82 Å². The molecule has 1 saturated carbocycles. The number of hydrogen-bond acceptors (Lipinski definition) is 3. The number of halogens is 3. The zero-order valence-electron chi connectivity index (χ0n) is 13.7. The number of nitrogens with zero attached hydrogens (tertiary/aromatic N) is 1. The number of rotatable bonds is 2. The minimum absolute atomic E-state index is 0.0438. The number of aromatic amines is 1. The van der Waals surface area contributed by atoms with Crippen LogP contribution < -0.4 is 5.32 Å². The lowest BCUT2D eigenvalue weighted by Gasteiger charge is -2.58. The Labute approximate surface area is 147 Å². The van der Waals surface area contributed by atoms with Crippen molar-refractivity contribution in [3.05, 3.63) is 53.6 Å². The predicted molar refractivity (Wildman–Crippen MR) is 89.8 cm³/mol. The molecule has 3 heterocycles. The van der Waals surface area contributed by atoms with Gasteiger partial charge in [0.05, 0.1) is 16.6 Å². The number of H-pyrrole nitrogens is 1. The highest BCUT2D eigenvalue weighted by molar-refractivity contribution is 5.93. The number of nitrogens with one attached hydrogen (secondary N) is 2. The first kappa shape index (κ1) is 15.8. The summed E-state index contributed by atoms with van der Waals surface area (Å²) in [5, 5.41) is 14.0. The number of fused-ring (bicyclic) bond motifs is 1. The van der Waals surface area contributed by atoms with Crippen molar-refractivity contribution in [1.29, 1.82) is 0 Å². The Bertz CT molecular complexity index is 1010. The monoisotopic (exact) mass is 359 g/mol. The third kappa shape index (κ3) is 2.07. The molecule has 4 nitrogen and oxygen atoms in total. The Balaban J connectivity index is 1.59. The molecule has 0 atom stereocenters. The Hall–Kier alpha value is -2.38. The number of pyridine rings is 1. The lowest BCUT2D eigenvalue weighted by molar-refractivity contribution is -0.159. The van der Waals surface area contributed by atoms with Crippen molar-refractivity contribution >= 4 is 11.0 Å². The van der Waals surface area contributed by atoms with E-state index in [2.05, 4.69) is 15.3 Å². The van der Waals surface area contributed by atoms with Gasteiger partial charge in [0, 0.05) is 30.9 Å². The standard InChI is InChI=1S/C19H16F3N3O/c20-12-3-10(11-1-2-24-17-15(11)14(22)5-25-17)4-13(21)16(12)19(26)6-18(7-19)8-23-9-18/h1-5,23,26H,6-9H2,(H,24,25). The fraction of sp³-hybridized carbons (Fsp3) is 0.316. The summed E-state index contributed by atoms with van der Waals surface area (Å²) in [6.45, 7) is 1.52. The summed E-state index contributed by atoms with van der Waals surface area (Å²) in [5.74, 6) is -2.17. The van der Waals surface area contributed by atoms with Crippen molar-refractivity contribution in [3.63, 3.8) is 0 Å². The molecule has 0 amide bonds. The molecule has 5 rings (SSSR count). The van der Waals surface area contributed by atoms with E-state index in [9.17, 15) is 18.3 Å². The molecule has 1 aromatic carbocycles. The van der Waals surface area contributed by atoms with Crippen LogP contribution in [0, 0.1) is 22.9 Å². The minimum Gasteiger partial charge on any atom is -0.385 e. The Morgan fingerprint density at radius 1 is 1.04 bits per heavy atom. The molecule has 0 radical (unpaired) electrons. The van der Waals surface area contributed by atoms with Gasteiger partial charge >= 0.3 is 0 Å². The summed E-state index contributed by atoms with van der Waals surface area (Å²) in [4.78, 5) is 6.70. The maximum atomic E-state index is 14.8. The van der Waals surface area contributed by atoms with Crippen LogP contribution in [-0.4, -0.2) is 28.2 Å². The second kappa shape index (κ2) is 5.08. The Morgan fingerprint density at radius 2 is 1.73 bits per heavy atom. The van der Waals surface area contributed by atoms with Crippen LogP contribution in [0.25, 0.3) is 22.2 Å². The van der Waals surface area contributed by atoms with E-state index < -0.39 is 23.1 Å². The molecule has 0 bridgehead atoms. The molecule has 0 unspecified atom stereocenters. The van der Waals surface area contributed by atoms with E-state index >= 15 is 0 Å². The van der Waals surface area contributed by atoms with E-state index in [4.69, 9.17) is 0 Å².